The number of likely N-dealkylation sites (tertiary alicyclic amines) is 1. The summed E-state index contributed by atoms with van der Waals surface area (Å²) in [4.78, 5) is 2.60. The number of nitrogens with zero attached hydrogens (tertiary/aromatic N) is 1. The van der Waals surface area contributed by atoms with E-state index in [0.29, 0.717) is 17.4 Å². The third kappa shape index (κ3) is 4.94. The predicted octanol–water partition coefficient (Wildman–Crippen LogP) is 2.88. The number of hydrogen-bond acceptors (Lipinski definition) is 3. The summed E-state index contributed by atoms with van der Waals surface area (Å²) in [5.74, 6) is 1.19. The van der Waals surface area contributed by atoms with Crippen molar-refractivity contribution in [1.29, 1.82) is 0 Å². The predicted molar refractivity (Wildman–Crippen MR) is 89.4 cm³/mol. The first kappa shape index (κ1) is 17.2. The van der Waals surface area contributed by atoms with Crippen molar-refractivity contribution in [2.75, 3.05) is 26.2 Å². The van der Waals surface area contributed by atoms with Crippen LogP contribution in [0.4, 0.5) is 0 Å². The molecule has 2 fully saturated rings. The Morgan fingerprint density at radius 3 is 2.71 bits per heavy atom. The van der Waals surface area contributed by atoms with Gasteiger partial charge in [-0.15, -0.1) is 0 Å². The summed E-state index contributed by atoms with van der Waals surface area (Å²) in [7, 11) is 0. The summed E-state index contributed by atoms with van der Waals surface area (Å²) in [5, 5.41) is 13.7. The molecule has 0 aromatic rings. The lowest BCUT2D eigenvalue weighted by atomic mass is 9.69. The average molecular weight is 296 g/mol. The van der Waals surface area contributed by atoms with E-state index < -0.39 is 0 Å². The van der Waals surface area contributed by atoms with Crippen LogP contribution in [0.25, 0.3) is 0 Å². The molecule has 2 aliphatic rings. The smallest absolute Gasteiger partial charge is 0.0590 e. The summed E-state index contributed by atoms with van der Waals surface area (Å²) < 4.78 is 0. The summed E-state index contributed by atoms with van der Waals surface area (Å²) >= 11 is 0. The van der Waals surface area contributed by atoms with Gasteiger partial charge in [0, 0.05) is 25.7 Å². The SMILES string of the molecule is CCCNC1CCC(C)(C)CC1CN1CCC(O)C(C)C1. The maximum absolute atomic E-state index is 9.91. The summed E-state index contributed by atoms with van der Waals surface area (Å²) in [6, 6.07) is 0.695. The Morgan fingerprint density at radius 2 is 2.05 bits per heavy atom. The van der Waals surface area contributed by atoms with Crippen LogP contribution in [-0.2, 0) is 0 Å². The van der Waals surface area contributed by atoms with Crippen molar-refractivity contribution in [3.8, 4) is 0 Å². The molecule has 2 N–H and O–H groups in total. The quantitative estimate of drug-likeness (QED) is 0.819. The molecule has 4 atom stereocenters. The van der Waals surface area contributed by atoms with Crippen LogP contribution in [0.1, 0.15) is 59.8 Å². The first-order chi connectivity index (χ1) is 9.91. The third-order valence-corrected chi connectivity index (χ3v) is 5.61. The Morgan fingerprint density at radius 1 is 1.29 bits per heavy atom. The Hall–Kier alpha value is -0.120. The molecule has 3 heteroatoms. The summed E-state index contributed by atoms with van der Waals surface area (Å²) in [6.07, 6.45) is 6.09. The van der Waals surface area contributed by atoms with Crippen molar-refractivity contribution in [1.82, 2.24) is 10.2 Å². The van der Waals surface area contributed by atoms with Gasteiger partial charge in [-0.05, 0) is 55.9 Å². The molecule has 0 amide bonds. The zero-order valence-corrected chi connectivity index (χ0v) is 14.6. The molecule has 0 bridgehead atoms. The van der Waals surface area contributed by atoms with Gasteiger partial charge >= 0.3 is 0 Å². The lowest BCUT2D eigenvalue weighted by molar-refractivity contribution is 0.0163. The molecule has 3 nitrogen and oxygen atoms in total. The first-order valence-electron chi connectivity index (χ1n) is 9.05. The van der Waals surface area contributed by atoms with Crippen molar-refractivity contribution in [2.24, 2.45) is 17.3 Å². The van der Waals surface area contributed by atoms with Gasteiger partial charge in [0.15, 0.2) is 0 Å². The van der Waals surface area contributed by atoms with Crippen LogP contribution in [0.5, 0.6) is 0 Å². The number of nitrogens with one attached hydrogen (secondary N) is 1. The van der Waals surface area contributed by atoms with Crippen LogP contribution in [0.15, 0.2) is 0 Å². The Bertz CT molecular complexity index is 318. The molecule has 0 aromatic heterocycles. The minimum Gasteiger partial charge on any atom is -0.393 e. The van der Waals surface area contributed by atoms with E-state index in [9.17, 15) is 5.11 Å². The van der Waals surface area contributed by atoms with Crippen LogP contribution < -0.4 is 5.32 Å². The number of aliphatic hydroxyl groups is 1. The monoisotopic (exact) mass is 296 g/mol. The van der Waals surface area contributed by atoms with E-state index >= 15 is 0 Å². The fourth-order valence-corrected chi connectivity index (χ4v) is 4.24. The van der Waals surface area contributed by atoms with E-state index in [0.717, 1.165) is 32.0 Å². The van der Waals surface area contributed by atoms with Gasteiger partial charge in [-0.3, -0.25) is 0 Å². The largest absolute Gasteiger partial charge is 0.393 e. The van der Waals surface area contributed by atoms with Gasteiger partial charge in [0.1, 0.15) is 0 Å². The molecule has 1 aliphatic heterocycles. The van der Waals surface area contributed by atoms with E-state index in [4.69, 9.17) is 0 Å². The maximum atomic E-state index is 9.91. The fourth-order valence-electron chi connectivity index (χ4n) is 4.24. The molecule has 1 saturated carbocycles. The highest BCUT2D eigenvalue weighted by molar-refractivity contribution is 4.91. The average Bonchev–Trinajstić information content (AvgIpc) is 2.41. The molecule has 21 heavy (non-hydrogen) atoms. The molecular weight excluding hydrogens is 260 g/mol. The van der Waals surface area contributed by atoms with E-state index in [2.05, 4.69) is 37.9 Å². The van der Waals surface area contributed by atoms with Gasteiger partial charge in [-0.2, -0.15) is 0 Å². The molecule has 1 saturated heterocycles. The van der Waals surface area contributed by atoms with Crippen molar-refractivity contribution >= 4 is 0 Å². The van der Waals surface area contributed by atoms with Gasteiger partial charge in [-0.25, -0.2) is 0 Å². The van der Waals surface area contributed by atoms with Crippen LogP contribution in [0.2, 0.25) is 0 Å². The van der Waals surface area contributed by atoms with Gasteiger partial charge in [0.2, 0.25) is 0 Å². The van der Waals surface area contributed by atoms with Gasteiger partial charge in [-0.1, -0.05) is 27.7 Å². The van der Waals surface area contributed by atoms with Gasteiger partial charge in [0.05, 0.1) is 6.10 Å². The molecular formula is C18H36N2O. The zero-order valence-electron chi connectivity index (χ0n) is 14.6. The van der Waals surface area contributed by atoms with Crippen LogP contribution in [0.3, 0.4) is 0 Å². The molecule has 1 heterocycles. The molecule has 2 rings (SSSR count). The van der Waals surface area contributed by atoms with Crippen LogP contribution >= 0.6 is 0 Å². The van der Waals surface area contributed by atoms with Crippen molar-refractivity contribution in [3.63, 3.8) is 0 Å². The molecule has 124 valence electrons. The lowest BCUT2D eigenvalue weighted by Crippen LogP contribution is -2.50. The Labute approximate surface area is 131 Å². The summed E-state index contributed by atoms with van der Waals surface area (Å²) in [5.41, 5.74) is 0.496. The third-order valence-electron chi connectivity index (χ3n) is 5.61. The number of piperidine rings is 1. The van der Waals surface area contributed by atoms with Crippen molar-refractivity contribution in [2.45, 2.75) is 71.9 Å². The molecule has 0 spiro atoms. The minimum atomic E-state index is -0.0851. The van der Waals surface area contributed by atoms with Crippen molar-refractivity contribution < 1.29 is 5.11 Å². The number of hydrogen-bond donors (Lipinski definition) is 2. The van der Waals surface area contributed by atoms with E-state index in [1.807, 2.05) is 0 Å². The highest BCUT2D eigenvalue weighted by Crippen LogP contribution is 2.39. The van der Waals surface area contributed by atoms with E-state index in [1.54, 1.807) is 0 Å². The van der Waals surface area contributed by atoms with Crippen molar-refractivity contribution in [3.05, 3.63) is 0 Å². The van der Waals surface area contributed by atoms with Gasteiger partial charge in [0.25, 0.3) is 0 Å². The standard InChI is InChI=1S/C18H36N2O/c1-5-9-19-16-6-8-18(3,4)11-15(16)13-20-10-7-17(21)14(2)12-20/h14-17,19,21H,5-13H2,1-4H3. The normalized spacial score (nSPS) is 37.6. The number of aliphatic hydroxyl groups excluding tert-OH is 1. The van der Waals surface area contributed by atoms with Crippen LogP contribution in [0, 0.1) is 17.3 Å². The van der Waals surface area contributed by atoms with E-state index in [1.165, 1.54) is 32.2 Å². The topological polar surface area (TPSA) is 35.5 Å². The first-order valence-corrected chi connectivity index (χ1v) is 9.05. The highest BCUT2D eigenvalue weighted by Gasteiger charge is 2.36. The lowest BCUT2D eigenvalue weighted by Gasteiger charge is -2.44. The Balaban J connectivity index is 1.92. The molecule has 0 radical (unpaired) electrons. The molecule has 1 aliphatic carbocycles. The second kappa shape index (κ2) is 7.43. The number of rotatable bonds is 5. The second-order valence-electron chi connectivity index (χ2n) is 8.32. The molecule has 4 unspecified atom stereocenters. The zero-order chi connectivity index (χ0) is 15.5. The summed E-state index contributed by atoms with van der Waals surface area (Å²) in [6.45, 7) is 13.8. The van der Waals surface area contributed by atoms with Gasteiger partial charge < -0.3 is 15.3 Å². The minimum absolute atomic E-state index is 0.0851. The second-order valence-corrected chi connectivity index (χ2v) is 8.32. The molecule has 0 aromatic carbocycles. The fraction of sp³-hybridized carbons (Fsp3) is 1.00. The highest BCUT2D eigenvalue weighted by atomic mass is 16.3. The van der Waals surface area contributed by atoms with E-state index in [-0.39, 0.29) is 6.10 Å². The van der Waals surface area contributed by atoms with Crippen LogP contribution in [-0.4, -0.2) is 48.3 Å². The Kier molecular flexibility index (Phi) is 6.10. The maximum Gasteiger partial charge on any atom is 0.0590 e.